The molecule has 5 nitrogen and oxygen atoms in total. The van der Waals surface area contributed by atoms with Crippen LogP contribution in [-0.2, 0) is 4.79 Å². The van der Waals surface area contributed by atoms with Crippen molar-refractivity contribution < 1.29 is 14.7 Å². The number of nitrogens with one attached hydrogen (secondary N) is 3. The van der Waals surface area contributed by atoms with E-state index in [2.05, 4.69) is 28.2 Å². The van der Waals surface area contributed by atoms with Gasteiger partial charge >= 0.3 is 0 Å². The molecule has 0 bridgehead atoms. The van der Waals surface area contributed by atoms with Crippen molar-refractivity contribution in [1.29, 1.82) is 0 Å². The fourth-order valence-electron chi connectivity index (χ4n) is 2.64. The third-order valence-corrected chi connectivity index (χ3v) is 3.99. The van der Waals surface area contributed by atoms with Gasteiger partial charge < -0.3 is 10.2 Å². The van der Waals surface area contributed by atoms with Gasteiger partial charge in [0.15, 0.2) is 6.04 Å². The second-order valence-electron chi connectivity index (χ2n) is 5.41. The summed E-state index contributed by atoms with van der Waals surface area (Å²) < 4.78 is 0. The molecule has 0 radical (unpaired) electrons. The molecule has 1 aliphatic rings. The Labute approximate surface area is 121 Å². The number of rotatable bonds is 5. The van der Waals surface area contributed by atoms with Gasteiger partial charge in [0.25, 0.3) is 11.7 Å². The molecular formula is C15H26N4O+2. The quantitative estimate of drug-likeness (QED) is 0.735. The number of hydrogen-bond donors (Lipinski definition) is 2. The second kappa shape index (κ2) is 7.24. The van der Waals surface area contributed by atoms with Gasteiger partial charge in [0.1, 0.15) is 26.2 Å². The lowest BCUT2D eigenvalue weighted by molar-refractivity contribution is -0.914. The summed E-state index contributed by atoms with van der Waals surface area (Å²) >= 11 is 0. The standard InChI is InChI=1S/C15H24N4O/c1-3-7-17-15(20)13(2)18-9-11-19(12-10-18)14-6-4-5-8-16-14/h4-6,8,13H,3,7,9-12H2,1-2H3,(H,17,20)/p+2/t13-/m0/s1. The summed E-state index contributed by atoms with van der Waals surface area (Å²) in [5, 5.41) is 2.99. The molecule has 2 rings (SSSR count). The summed E-state index contributed by atoms with van der Waals surface area (Å²) in [6.07, 6.45) is 2.95. The van der Waals surface area contributed by atoms with Crippen molar-refractivity contribution >= 4 is 11.7 Å². The van der Waals surface area contributed by atoms with Gasteiger partial charge in [-0.25, -0.2) is 4.98 Å². The molecular weight excluding hydrogens is 252 g/mol. The molecule has 0 unspecified atom stereocenters. The molecule has 1 atom stereocenters. The van der Waals surface area contributed by atoms with E-state index in [1.807, 2.05) is 25.3 Å². The molecule has 1 aromatic heterocycles. The van der Waals surface area contributed by atoms with E-state index in [1.165, 1.54) is 4.90 Å². The SMILES string of the molecule is CCCNC(=O)[C@H](C)[NH+]1CCN(c2cccc[nH+]2)CC1. The van der Waals surface area contributed by atoms with Crippen LogP contribution in [0.5, 0.6) is 0 Å². The highest BCUT2D eigenvalue weighted by Crippen LogP contribution is 2.04. The number of H-pyrrole nitrogens is 1. The summed E-state index contributed by atoms with van der Waals surface area (Å²) in [5.74, 6) is 1.34. The topological polar surface area (TPSA) is 50.9 Å². The Hall–Kier alpha value is -1.62. The number of anilines is 1. The van der Waals surface area contributed by atoms with Gasteiger partial charge in [-0.1, -0.05) is 13.0 Å². The summed E-state index contributed by atoms with van der Waals surface area (Å²) in [6, 6.07) is 6.18. The van der Waals surface area contributed by atoms with Gasteiger partial charge in [-0.15, -0.1) is 0 Å². The van der Waals surface area contributed by atoms with E-state index in [1.54, 1.807) is 0 Å². The number of quaternary nitrogens is 1. The van der Waals surface area contributed by atoms with Crippen molar-refractivity contribution in [2.24, 2.45) is 0 Å². The maximum absolute atomic E-state index is 12.0. The Balaban J connectivity index is 1.83. The summed E-state index contributed by atoms with van der Waals surface area (Å²) in [6.45, 7) is 8.87. The van der Waals surface area contributed by atoms with Crippen molar-refractivity contribution in [2.45, 2.75) is 26.3 Å². The molecule has 0 aromatic carbocycles. The molecule has 2 heterocycles. The predicted octanol–water partition coefficient (Wildman–Crippen LogP) is -0.880. The van der Waals surface area contributed by atoms with E-state index in [0.717, 1.165) is 45.0 Å². The molecule has 1 saturated heterocycles. The predicted molar refractivity (Wildman–Crippen MR) is 78.7 cm³/mol. The maximum Gasteiger partial charge on any atom is 0.278 e. The van der Waals surface area contributed by atoms with Gasteiger partial charge in [-0.05, 0) is 19.4 Å². The number of aromatic amines is 1. The molecule has 0 aliphatic carbocycles. The fourth-order valence-corrected chi connectivity index (χ4v) is 2.64. The van der Waals surface area contributed by atoms with Crippen LogP contribution in [0, 0.1) is 0 Å². The van der Waals surface area contributed by atoms with Gasteiger partial charge in [0.05, 0.1) is 6.20 Å². The summed E-state index contributed by atoms with van der Waals surface area (Å²) in [4.78, 5) is 19.0. The zero-order valence-corrected chi connectivity index (χ0v) is 12.5. The smallest absolute Gasteiger partial charge is 0.278 e. The van der Waals surface area contributed by atoms with E-state index < -0.39 is 0 Å². The van der Waals surface area contributed by atoms with Crippen LogP contribution in [0.3, 0.4) is 0 Å². The summed E-state index contributed by atoms with van der Waals surface area (Å²) in [7, 11) is 0. The number of pyridine rings is 1. The maximum atomic E-state index is 12.0. The molecule has 20 heavy (non-hydrogen) atoms. The third-order valence-electron chi connectivity index (χ3n) is 3.99. The highest BCUT2D eigenvalue weighted by Gasteiger charge is 2.31. The molecule has 5 heteroatoms. The van der Waals surface area contributed by atoms with Crippen molar-refractivity contribution in [1.82, 2.24) is 5.32 Å². The van der Waals surface area contributed by atoms with Crippen molar-refractivity contribution in [3.8, 4) is 0 Å². The molecule has 1 aromatic rings. The highest BCUT2D eigenvalue weighted by molar-refractivity contribution is 5.79. The van der Waals surface area contributed by atoms with E-state index in [-0.39, 0.29) is 11.9 Å². The number of aromatic nitrogens is 1. The van der Waals surface area contributed by atoms with Crippen LogP contribution in [0.1, 0.15) is 20.3 Å². The van der Waals surface area contributed by atoms with Gasteiger partial charge in [-0.3, -0.25) is 9.69 Å². The first kappa shape index (κ1) is 14.8. The first-order valence-electron chi connectivity index (χ1n) is 7.56. The monoisotopic (exact) mass is 278 g/mol. The van der Waals surface area contributed by atoms with Gasteiger partial charge in [0, 0.05) is 12.6 Å². The zero-order chi connectivity index (χ0) is 14.4. The van der Waals surface area contributed by atoms with E-state index in [9.17, 15) is 4.79 Å². The number of hydrogen-bond acceptors (Lipinski definition) is 2. The number of amides is 1. The Bertz CT molecular complexity index is 415. The largest absolute Gasteiger partial charge is 0.351 e. The lowest BCUT2D eigenvalue weighted by Crippen LogP contribution is -3.19. The minimum atomic E-state index is 0.0449. The molecule has 1 aliphatic heterocycles. The average Bonchev–Trinajstić information content (AvgIpc) is 2.53. The number of carbonyl (C=O) groups excluding carboxylic acids is 1. The first-order valence-corrected chi connectivity index (χ1v) is 7.56. The van der Waals surface area contributed by atoms with Crippen molar-refractivity contribution in [3.05, 3.63) is 24.4 Å². The van der Waals surface area contributed by atoms with E-state index in [4.69, 9.17) is 0 Å². The first-order chi connectivity index (χ1) is 9.72. The minimum absolute atomic E-state index is 0.0449. The lowest BCUT2D eigenvalue weighted by atomic mass is 10.2. The number of nitrogens with zero attached hydrogens (tertiary/aromatic N) is 1. The molecule has 1 fully saturated rings. The van der Waals surface area contributed by atoms with Gasteiger partial charge in [0.2, 0.25) is 0 Å². The van der Waals surface area contributed by atoms with Gasteiger partial charge in [-0.2, -0.15) is 0 Å². The van der Waals surface area contributed by atoms with Crippen molar-refractivity contribution in [3.63, 3.8) is 0 Å². The molecule has 0 spiro atoms. The molecule has 1 amide bonds. The molecule has 0 saturated carbocycles. The van der Waals surface area contributed by atoms with Crippen LogP contribution < -0.4 is 20.1 Å². The fraction of sp³-hybridized carbons (Fsp3) is 0.600. The van der Waals surface area contributed by atoms with Crippen LogP contribution in [0.4, 0.5) is 5.82 Å². The van der Waals surface area contributed by atoms with Crippen LogP contribution in [0.15, 0.2) is 24.4 Å². The number of carbonyl (C=O) groups is 1. The minimum Gasteiger partial charge on any atom is -0.351 e. The number of piperazine rings is 1. The Morgan fingerprint density at radius 1 is 1.45 bits per heavy atom. The lowest BCUT2D eigenvalue weighted by Gasteiger charge is -2.31. The third kappa shape index (κ3) is 3.70. The van der Waals surface area contributed by atoms with Crippen molar-refractivity contribution in [2.75, 3.05) is 37.6 Å². The summed E-state index contributed by atoms with van der Waals surface area (Å²) in [5.41, 5.74) is 0. The second-order valence-corrected chi connectivity index (χ2v) is 5.41. The molecule has 110 valence electrons. The molecule has 3 N–H and O–H groups in total. The average molecular weight is 278 g/mol. The zero-order valence-electron chi connectivity index (χ0n) is 12.5. The Morgan fingerprint density at radius 2 is 2.20 bits per heavy atom. The van der Waals surface area contributed by atoms with Crippen LogP contribution in [0.25, 0.3) is 0 Å². The Kier molecular flexibility index (Phi) is 5.35. The van der Waals surface area contributed by atoms with Crippen LogP contribution in [0.2, 0.25) is 0 Å². The normalized spacial score (nSPS) is 17.8. The van der Waals surface area contributed by atoms with Crippen LogP contribution >= 0.6 is 0 Å². The van der Waals surface area contributed by atoms with Crippen LogP contribution in [-0.4, -0.2) is 44.7 Å². The van der Waals surface area contributed by atoms with E-state index in [0.29, 0.717) is 0 Å². The Morgan fingerprint density at radius 3 is 2.80 bits per heavy atom. The highest BCUT2D eigenvalue weighted by atomic mass is 16.2. The van der Waals surface area contributed by atoms with E-state index >= 15 is 0 Å².